The molecule has 0 spiro atoms. The third-order valence-corrected chi connectivity index (χ3v) is 3.82. The Morgan fingerprint density at radius 3 is 3.16 bits per heavy atom. The Hall–Kier alpha value is -1.56. The van der Waals surface area contributed by atoms with Gasteiger partial charge >= 0.3 is 6.03 Å². The Balaban J connectivity index is 1.57. The molecule has 3 rings (SSSR count). The molecule has 1 aliphatic carbocycles. The predicted molar refractivity (Wildman–Crippen MR) is 71.2 cm³/mol. The van der Waals surface area contributed by atoms with Crippen molar-refractivity contribution in [2.24, 2.45) is 7.05 Å². The van der Waals surface area contributed by atoms with Gasteiger partial charge in [-0.1, -0.05) is 0 Å². The van der Waals surface area contributed by atoms with Crippen LogP contribution in [0, 0.1) is 0 Å². The second kappa shape index (κ2) is 5.21. The zero-order valence-electron chi connectivity index (χ0n) is 11.2. The van der Waals surface area contributed by atoms with Crippen LogP contribution in [-0.4, -0.2) is 35.1 Å². The molecule has 2 N–H and O–H groups in total. The number of nitrogens with zero attached hydrogens (tertiary/aromatic N) is 2. The van der Waals surface area contributed by atoms with Gasteiger partial charge in [-0.05, 0) is 32.1 Å². The summed E-state index contributed by atoms with van der Waals surface area (Å²) in [6.07, 6.45) is 5.44. The van der Waals surface area contributed by atoms with E-state index in [-0.39, 0.29) is 12.1 Å². The summed E-state index contributed by atoms with van der Waals surface area (Å²) >= 11 is 0. The molecule has 0 bridgehead atoms. The first-order chi connectivity index (χ1) is 9.24. The quantitative estimate of drug-likeness (QED) is 0.862. The van der Waals surface area contributed by atoms with Crippen molar-refractivity contribution in [1.82, 2.24) is 15.1 Å². The molecule has 1 aliphatic heterocycles. The fraction of sp³-hybridized carbons (Fsp3) is 0.692. The Morgan fingerprint density at radius 1 is 1.47 bits per heavy atom. The number of hydrogen-bond donors (Lipinski definition) is 2. The van der Waals surface area contributed by atoms with E-state index in [9.17, 15) is 4.79 Å². The number of hydrogen-bond acceptors (Lipinski definition) is 3. The van der Waals surface area contributed by atoms with Crippen LogP contribution in [0.3, 0.4) is 0 Å². The van der Waals surface area contributed by atoms with Crippen molar-refractivity contribution in [3.05, 3.63) is 11.3 Å². The van der Waals surface area contributed by atoms with Crippen molar-refractivity contribution in [3.63, 3.8) is 0 Å². The molecular formula is C13H20N4O2. The predicted octanol–water partition coefficient (Wildman–Crippen LogP) is 1.21. The molecule has 0 radical (unpaired) electrons. The lowest BCUT2D eigenvalue weighted by Gasteiger charge is -2.12. The maximum Gasteiger partial charge on any atom is 0.320 e. The summed E-state index contributed by atoms with van der Waals surface area (Å²) < 4.78 is 7.24. The Kier molecular flexibility index (Phi) is 3.42. The van der Waals surface area contributed by atoms with Gasteiger partial charge in [0.1, 0.15) is 5.82 Å². The highest BCUT2D eigenvalue weighted by molar-refractivity contribution is 5.89. The van der Waals surface area contributed by atoms with Crippen LogP contribution in [-0.2, 0) is 24.6 Å². The van der Waals surface area contributed by atoms with Crippen LogP contribution in [0.5, 0.6) is 0 Å². The van der Waals surface area contributed by atoms with E-state index in [1.807, 2.05) is 7.05 Å². The van der Waals surface area contributed by atoms with Crippen LogP contribution in [0.2, 0.25) is 0 Å². The van der Waals surface area contributed by atoms with Crippen LogP contribution in [0.25, 0.3) is 0 Å². The van der Waals surface area contributed by atoms with E-state index in [2.05, 4.69) is 15.7 Å². The molecule has 1 atom stereocenters. The number of ether oxygens (including phenoxy) is 1. The molecule has 2 aliphatic rings. The van der Waals surface area contributed by atoms with Gasteiger partial charge in [-0.2, -0.15) is 5.10 Å². The molecule has 2 amide bonds. The fourth-order valence-electron chi connectivity index (χ4n) is 2.84. The monoisotopic (exact) mass is 264 g/mol. The Labute approximate surface area is 112 Å². The molecule has 1 aromatic heterocycles. The number of rotatable bonds is 3. The molecule has 2 heterocycles. The maximum atomic E-state index is 11.9. The van der Waals surface area contributed by atoms with Gasteiger partial charge in [0.05, 0.1) is 11.8 Å². The highest BCUT2D eigenvalue weighted by Crippen LogP contribution is 2.27. The highest BCUT2D eigenvalue weighted by Gasteiger charge is 2.22. The summed E-state index contributed by atoms with van der Waals surface area (Å²) in [5.41, 5.74) is 2.31. The van der Waals surface area contributed by atoms with E-state index in [4.69, 9.17) is 4.74 Å². The largest absolute Gasteiger partial charge is 0.376 e. The van der Waals surface area contributed by atoms with Crippen molar-refractivity contribution in [2.75, 3.05) is 18.5 Å². The number of amides is 2. The van der Waals surface area contributed by atoms with Gasteiger partial charge in [-0.25, -0.2) is 4.79 Å². The van der Waals surface area contributed by atoms with Gasteiger partial charge in [-0.15, -0.1) is 0 Å². The topological polar surface area (TPSA) is 68.2 Å². The van der Waals surface area contributed by atoms with Gasteiger partial charge in [0.15, 0.2) is 0 Å². The van der Waals surface area contributed by atoms with E-state index in [1.165, 1.54) is 5.56 Å². The van der Waals surface area contributed by atoms with E-state index in [0.29, 0.717) is 6.54 Å². The second-order valence-corrected chi connectivity index (χ2v) is 5.22. The molecular weight excluding hydrogens is 244 g/mol. The standard InChI is InChI=1S/C13H20N4O2/c1-17-12(10-5-2-6-11(10)16-17)15-13(18)14-8-9-4-3-7-19-9/h9H,2-8H2,1H3,(H2,14,15,18)/t9-/m1/s1. The summed E-state index contributed by atoms with van der Waals surface area (Å²) in [5, 5.41) is 10.2. The fourth-order valence-corrected chi connectivity index (χ4v) is 2.84. The summed E-state index contributed by atoms with van der Waals surface area (Å²) in [7, 11) is 1.87. The molecule has 1 saturated heterocycles. The number of urea groups is 1. The van der Waals surface area contributed by atoms with E-state index >= 15 is 0 Å². The molecule has 0 aromatic carbocycles. The number of carbonyl (C=O) groups is 1. The first-order valence-electron chi connectivity index (χ1n) is 6.95. The smallest absolute Gasteiger partial charge is 0.320 e. The molecule has 0 saturated carbocycles. The first-order valence-corrected chi connectivity index (χ1v) is 6.95. The Morgan fingerprint density at radius 2 is 2.37 bits per heavy atom. The summed E-state index contributed by atoms with van der Waals surface area (Å²) in [4.78, 5) is 11.9. The van der Waals surface area contributed by atoms with Crippen molar-refractivity contribution in [1.29, 1.82) is 0 Å². The highest BCUT2D eigenvalue weighted by atomic mass is 16.5. The minimum absolute atomic E-state index is 0.169. The molecule has 104 valence electrons. The van der Waals surface area contributed by atoms with Gasteiger partial charge < -0.3 is 10.1 Å². The van der Waals surface area contributed by atoms with E-state index in [1.54, 1.807) is 4.68 Å². The zero-order chi connectivity index (χ0) is 13.2. The number of anilines is 1. The summed E-state index contributed by atoms with van der Waals surface area (Å²) in [6, 6.07) is -0.173. The Bertz CT molecular complexity index is 477. The van der Waals surface area contributed by atoms with Gasteiger partial charge in [0.25, 0.3) is 0 Å². The number of carbonyl (C=O) groups excluding carboxylic acids is 1. The van der Waals surface area contributed by atoms with Crippen LogP contribution in [0.4, 0.5) is 10.6 Å². The third-order valence-electron chi connectivity index (χ3n) is 3.82. The number of nitrogens with one attached hydrogen (secondary N) is 2. The minimum Gasteiger partial charge on any atom is -0.376 e. The minimum atomic E-state index is -0.173. The zero-order valence-corrected chi connectivity index (χ0v) is 11.2. The van der Waals surface area contributed by atoms with Crippen molar-refractivity contribution in [2.45, 2.75) is 38.2 Å². The van der Waals surface area contributed by atoms with Crippen LogP contribution in [0.15, 0.2) is 0 Å². The lowest BCUT2D eigenvalue weighted by molar-refractivity contribution is 0.112. The van der Waals surface area contributed by atoms with Gasteiger partial charge in [0.2, 0.25) is 0 Å². The summed E-state index contributed by atoms with van der Waals surface area (Å²) in [6.45, 7) is 1.38. The molecule has 1 aromatic rings. The first kappa shape index (κ1) is 12.5. The maximum absolute atomic E-state index is 11.9. The van der Waals surface area contributed by atoms with Gasteiger partial charge in [0, 0.05) is 25.8 Å². The normalized spacial score (nSPS) is 21.4. The van der Waals surface area contributed by atoms with E-state index < -0.39 is 0 Å². The van der Waals surface area contributed by atoms with Crippen molar-refractivity contribution < 1.29 is 9.53 Å². The van der Waals surface area contributed by atoms with Crippen LogP contribution in [0.1, 0.15) is 30.5 Å². The SMILES string of the molecule is Cn1nc2c(c1NC(=O)NC[C@H]1CCCO1)CCC2. The molecule has 1 fully saturated rings. The average Bonchev–Trinajstić information content (AvgIpc) is 3.07. The summed E-state index contributed by atoms with van der Waals surface area (Å²) in [5.74, 6) is 0.831. The molecule has 0 unspecified atom stereocenters. The third kappa shape index (κ3) is 2.58. The molecule has 19 heavy (non-hydrogen) atoms. The van der Waals surface area contributed by atoms with Crippen LogP contribution >= 0.6 is 0 Å². The number of aryl methyl sites for hydroxylation is 2. The molecule has 6 heteroatoms. The second-order valence-electron chi connectivity index (χ2n) is 5.22. The number of fused-ring (bicyclic) bond motifs is 1. The van der Waals surface area contributed by atoms with Gasteiger partial charge in [-0.3, -0.25) is 10.00 Å². The van der Waals surface area contributed by atoms with Crippen molar-refractivity contribution >= 4 is 11.8 Å². The number of aromatic nitrogens is 2. The van der Waals surface area contributed by atoms with E-state index in [0.717, 1.165) is 50.2 Å². The average molecular weight is 264 g/mol. The van der Waals surface area contributed by atoms with Crippen LogP contribution < -0.4 is 10.6 Å². The van der Waals surface area contributed by atoms with Crippen molar-refractivity contribution in [3.8, 4) is 0 Å². The lowest BCUT2D eigenvalue weighted by atomic mass is 10.2. The lowest BCUT2D eigenvalue weighted by Crippen LogP contribution is -2.35. The molecule has 6 nitrogen and oxygen atoms in total.